The maximum Gasteiger partial charge on any atom is 0.145 e. The van der Waals surface area contributed by atoms with E-state index in [0.717, 1.165) is 6.07 Å². The van der Waals surface area contributed by atoms with Gasteiger partial charge in [-0.05, 0) is 12.1 Å². The molecule has 19 heavy (non-hydrogen) atoms. The first-order valence-electron chi connectivity index (χ1n) is 5.73. The summed E-state index contributed by atoms with van der Waals surface area (Å²) in [6.45, 7) is -0.912. The molecule has 0 radical (unpaired) electrons. The zero-order valence-electron chi connectivity index (χ0n) is 9.97. The molecule has 0 unspecified atom stereocenters. The van der Waals surface area contributed by atoms with Crippen molar-refractivity contribution in [1.82, 2.24) is 0 Å². The molecule has 0 spiro atoms. The predicted molar refractivity (Wildman–Crippen MR) is 62.5 cm³/mol. The SMILES string of the molecule is OC[C@H]1OC[C@](O)(c2ccc(O)cc2O)[C@@H](O)[C@@H]1O. The van der Waals surface area contributed by atoms with Gasteiger partial charge in [-0.1, -0.05) is 0 Å². The molecule has 106 valence electrons. The molecule has 0 aromatic heterocycles. The summed E-state index contributed by atoms with van der Waals surface area (Å²) in [5, 5.41) is 58.0. The number of hydrogen-bond donors (Lipinski definition) is 6. The molecule has 1 saturated heterocycles. The van der Waals surface area contributed by atoms with Gasteiger partial charge in [-0.3, -0.25) is 0 Å². The van der Waals surface area contributed by atoms with Crippen LogP contribution in [0, 0.1) is 0 Å². The van der Waals surface area contributed by atoms with Crippen LogP contribution in [0.15, 0.2) is 18.2 Å². The third kappa shape index (κ3) is 2.26. The van der Waals surface area contributed by atoms with Gasteiger partial charge in [0.1, 0.15) is 35.4 Å². The minimum absolute atomic E-state index is 0.0757. The van der Waals surface area contributed by atoms with E-state index in [1.54, 1.807) is 0 Å². The van der Waals surface area contributed by atoms with Crippen molar-refractivity contribution in [3.63, 3.8) is 0 Å². The number of aliphatic hydroxyl groups excluding tert-OH is 3. The summed E-state index contributed by atoms with van der Waals surface area (Å²) in [5.41, 5.74) is -2.10. The molecule has 0 amide bonds. The molecule has 1 aliphatic heterocycles. The van der Waals surface area contributed by atoms with Gasteiger partial charge in [0.15, 0.2) is 0 Å². The molecule has 7 heteroatoms. The van der Waals surface area contributed by atoms with Crippen LogP contribution in [0.4, 0.5) is 0 Å². The van der Waals surface area contributed by atoms with Crippen LogP contribution in [0.3, 0.4) is 0 Å². The van der Waals surface area contributed by atoms with Crippen molar-refractivity contribution in [3.05, 3.63) is 23.8 Å². The summed E-state index contributed by atoms with van der Waals surface area (Å²) in [6.07, 6.45) is -4.15. The van der Waals surface area contributed by atoms with Gasteiger partial charge in [-0.2, -0.15) is 0 Å². The molecular formula is C12H16O7. The number of phenols is 2. The Morgan fingerprint density at radius 2 is 1.95 bits per heavy atom. The lowest BCUT2D eigenvalue weighted by atomic mass is 9.82. The molecule has 1 aliphatic rings. The fraction of sp³-hybridized carbons (Fsp3) is 0.500. The van der Waals surface area contributed by atoms with Crippen molar-refractivity contribution in [2.75, 3.05) is 13.2 Å². The predicted octanol–water partition coefficient (Wildman–Crippen LogP) is -1.60. The molecule has 1 fully saturated rings. The molecule has 1 heterocycles. The first-order valence-corrected chi connectivity index (χ1v) is 5.73. The average Bonchev–Trinajstić information content (AvgIpc) is 2.36. The molecule has 0 aliphatic carbocycles. The van der Waals surface area contributed by atoms with Crippen molar-refractivity contribution >= 4 is 0 Å². The Morgan fingerprint density at radius 3 is 2.53 bits per heavy atom. The van der Waals surface area contributed by atoms with Crippen LogP contribution in [0.25, 0.3) is 0 Å². The highest BCUT2D eigenvalue weighted by Crippen LogP contribution is 2.38. The molecule has 7 nitrogen and oxygen atoms in total. The number of ether oxygens (including phenoxy) is 1. The van der Waals surface area contributed by atoms with Crippen LogP contribution in [0.2, 0.25) is 0 Å². The first-order chi connectivity index (χ1) is 8.90. The summed E-state index contributed by atoms with van der Waals surface area (Å²) in [5.74, 6) is -0.635. The third-order valence-corrected chi connectivity index (χ3v) is 3.34. The van der Waals surface area contributed by atoms with Gasteiger partial charge in [0.25, 0.3) is 0 Å². The molecule has 2 rings (SSSR count). The van der Waals surface area contributed by atoms with Crippen LogP contribution in [0.1, 0.15) is 5.56 Å². The highest BCUT2D eigenvalue weighted by Gasteiger charge is 2.50. The summed E-state index contributed by atoms with van der Waals surface area (Å²) in [6, 6.07) is 3.46. The second-order valence-electron chi connectivity index (χ2n) is 4.59. The highest BCUT2D eigenvalue weighted by molar-refractivity contribution is 5.43. The Balaban J connectivity index is 2.37. The molecule has 0 bridgehead atoms. The minimum Gasteiger partial charge on any atom is -0.508 e. The Labute approximate surface area is 108 Å². The monoisotopic (exact) mass is 272 g/mol. The van der Waals surface area contributed by atoms with Gasteiger partial charge in [0, 0.05) is 11.6 Å². The zero-order valence-corrected chi connectivity index (χ0v) is 9.97. The van der Waals surface area contributed by atoms with E-state index in [-0.39, 0.29) is 11.3 Å². The smallest absolute Gasteiger partial charge is 0.145 e. The Bertz CT molecular complexity index is 463. The number of phenolic OH excluding ortho intramolecular Hbond substituents is 2. The van der Waals surface area contributed by atoms with Crippen LogP contribution >= 0.6 is 0 Å². The largest absolute Gasteiger partial charge is 0.508 e. The van der Waals surface area contributed by atoms with Crippen molar-refractivity contribution in [2.45, 2.75) is 23.9 Å². The van der Waals surface area contributed by atoms with Gasteiger partial charge in [0.05, 0.1) is 13.2 Å². The lowest BCUT2D eigenvalue weighted by molar-refractivity contribution is -0.245. The lowest BCUT2D eigenvalue weighted by Gasteiger charge is -2.43. The summed E-state index contributed by atoms with van der Waals surface area (Å²) >= 11 is 0. The van der Waals surface area contributed by atoms with Crippen LogP contribution in [-0.4, -0.2) is 62.2 Å². The molecule has 1 aromatic carbocycles. The van der Waals surface area contributed by atoms with Gasteiger partial charge < -0.3 is 35.4 Å². The average molecular weight is 272 g/mol. The zero-order chi connectivity index (χ0) is 14.2. The Hall–Kier alpha value is -1.38. The van der Waals surface area contributed by atoms with E-state index in [4.69, 9.17) is 9.84 Å². The van der Waals surface area contributed by atoms with E-state index >= 15 is 0 Å². The second-order valence-corrected chi connectivity index (χ2v) is 4.59. The van der Waals surface area contributed by atoms with E-state index in [0.29, 0.717) is 0 Å². The number of hydrogen-bond acceptors (Lipinski definition) is 7. The van der Waals surface area contributed by atoms with Crippen molar-refractivity contribution in [1.29, 1.82) is 0 Å². The standard InChI is InChI=1S/C12H16O7/c13-4-9-10(16)11(17)12(18,5-19-9)7-2-1-6(14)3-8(7)15/h1-3,9-11,13-18H,4-5H2/t9-,10-,11+,12+/m1/s1. The number of benzene rings is 1. The minimum atomic E-state index is -2.02. The molecule has 6 N–H and O–H groups in total. The van der Waals surface area contributed by atoms with Crippen molar-refractivity contribution in [2.24, 2.45) is 0 Å². The van der Waals surface area contributed by atoms with E-state index < -0.39 is 42.9 Å². The van der Waals surface area contributed by atoms with Gasteiger partial charge in [0.2, 0.25) is 0 Å². The van der Waals surface area contributed by atoms with Crippen LogP contribution in [0.5, 0.6) is 11.5 Å². The first kappa shape index (κ1) is 14.0. The van der Waals surface area contributed by atoms with Crippen molar-refractivity contribution in [3.8, 4) is 11.5 Å². The van der Waals surface area contributed by atoms with Gasteiger partial charge in [-0.25, -0.2) is 0 Å². The third-order valence-electron chi connectivity index (χ3n) is 3.34. The molecule has 1 aromatic rings. The van der Waals surface area contributed by atoms with E-state index in [1.165, 1.54) is 12.1 Å². The lowest BCUT2D eigenvalue weighted by Crippen LogP contribution is -2.60. The summed E-state index contributed by atoms with van der Waals surface area (Å²) < 4.78 is 5.08. The van der Waals surface area contributed by atoms with Crippen LogP contribution < -0.4 is 0 Å². The fourth-order valence-electron chi connectivity index (χ4n) is 2.19. The maximum atomic E-state index is 10.4. The second kappa shape index (κ2) is 4.95. The van der Waals surface area contributed by atoms with Gasteiger partial charge >= 0.3 is 0 Å². The number of aliphatic hydroxyl groups is 4. The normalized spacial score (nSPS) is 35.3. The Kier molecular flexibility index (Phi) is 3.66. The summed E-state index contributed by atoms with van der Waals surface area (Å²) in [4.78, 5) is 0. The van der Waals surface area contributed by atoms with Crippen molar-refractivity contribution < 1.29 is 35.4 Å². The molecule has 0 saturated carbocycles. The highest BCUT2D eigenvalue weighted by atomic mass is 16.5. The fourth-order valence-corrected chi connectivity index (χ4v) is 2.19. The van der Waals surface area contributed by atoms with E-state index in [2.05, 4.69) is 0 Å². The van der Waals surface area contributed by atoms with Crippen LogP contribution in [-0.2, 0) is 10.3 Å². The number of aromatic hydroxyl groups is 2. The van der Waals surface area contributed by atoms with E-state index in [9.17, 15) is 25.5 Å². The molecule has 4 atom stereocenters. The van der Waals surface area contributed by atoms with E-state index in [1.807, 2.05) is 0 Å². The van der Waals surface area contributed by atoms with Gasteiger partial charge in [-0.15, -0.1) is 0 Å². The Morgan fingerprint density at radius 1 is 1.26 bits per heavy atom. The topological polar surface area (TPSA) is 131 Å². The molecular weight excluding hydrogens is 256 g/mol. The summed E-state index contributed by atoms with van der Waals surface area (Å²) in [7, 11) is 0. The number of rotatable bonds is 2. The quantitative estimate of drug-likeness (QED) is 0.382. The maximum absolute atomic E-state index is 10.4.